The lowest BCUT2D eigenvalue weighted by Gasteiger charge is -2.14. The molecular formula is C27H39NO2. The molecule has 0 aromatic heterocycles. The summed E-state index contributed by atoms with van der Waals surface area (Å²) in [4.78, 5) is 26.0. The number of hydrogen-bond acceptors (Lipinski definition) is 2. The molecule has 30 heavy (non-hydrogen) atoms. The van der Waals surface area contributed by atoms with Crippen molar-refractivity contribution in [2.24, 2.45) is 0 Å². The van der Waals surface area contributed by atoms with Crippen LogP contribution in [0.15, 0.2) is 48.1 Å². The molecule has 2 rings (SSSR count). The van der Waals surface area contributed by atoms with Gasteiger partial charge in [-0.05, 0) is 31.9 Å². The van der Waals surface area contributed by atoms with Crippen molar-refractivity contribution in [3.63, 3.8) is 0 Å². The lowest BCUT2D eigenvalue weighted by atomic mass is 10.0. The third-order valence-corrected chi connectivity index (χ3v) is 5.76. The van der Waals surface area contributed by atoms with Gasteiger partial charge < -0.3 is 0 Å². The van der Waals surface area contributed by atoms with Gasteiger partial charge in [0, 0.05) is 11.6 Å². The molecular weight excluding hydrogens is 370 g/mol. The van der Waals surface area contributed by atoms with Crippen LogP contribution in [0.2, 0.25) is 0 Å². The first kappa shape index (κ1) is 24.1. The Morgan fingerprint density at radius 1 is 0.767 bits per heavy atom. The van der Waals surface area contributed by atoms with E-state index >= 15 is 0 Å². The number of nitrogens with zero attached hydrogens (tertiary/aromatic N) is 1. The lowest BCUT2D eigenvalue weighted by molar-refractivity contribution is -0.120. The number of hydrogen-bond donors (Lipinski definition) is 0. The van der Waals surface area contributed by atoms with Gasteiger partial charge >= 0.3 is 0 Å². The van der Waals surface area contributed by atoms with Gasteiger partial charge in [0.2, 0.25) is 0 Å². The van der Waals surface area contributed by atoms with Crippen molar-refractivity contribution in [3.8, 4) is 0 Å². The molecule has 1 heterocycles. The van der Waals surface area contributed by atoms with Gasteiger partial charge in [-0.3, -0.25) is 9.59 Å². The highest BCUT2D eigenvalue weighted by molar-refractivity contribution is 6.31. The summed E-state index contributed by atoms with van der Waals surface area (Å²) >= 11 is 0. The molecule has 1 aromatic carbocycles. The summed E-state index contributed by atoms with van der Waals surface area (Å²) < 4.78 is 0. The SMILES string of the molecule is CCCCCCCCCCCCCC/C=C\C1=CC(=O)N(c2ccc(C)cc2)C1=O. The summed E-state index contributed by atoms with van der Waals surface area (Å²) in [7, 11) is 0. The van der Waals surface area contributed by atoms with E-state index in [-0.39, 0.29) is 11.8 Å². The molecule has 0 saturated heterocycles. The third-order valence-electron chi connectivity index (χ3n) is 5.76. The molecule has 1 aliphatic heterocycles. The number of aryl methyl sites for hydroxylation is 1. The Morgan fingerprint density at radius 3 is 1.87 bits per heavy atom. The van der Waals surface area contributed by atoms with Crippen LogP contribution in [0.3, 0.4) is 0 Å². The first-order valence-corrected chi connectivity index (χ1v) is 12.0. The number of imide groups is 1. The standard InChI is InChI=1S/C27H39NO2/c1-3-4-5-6-7-8-9-10-11-12-13-14-15-16-17-24-22-26(29)28(27(24)30)25-20-18-23(2)19-21-25/h16-22H,3-15H2,1-2H3/b17-16-. The van der Waals surface area contributed by atoms with Gasteiger partial charge in [-0.2, -0.15) is 0 Å². The van der Waals surface area contributed by atoms with Crippen LogP contribution in [0.1, 0.15) is 96.0 Å². The number of carbonyl (C=O) groups is 2. The van der Waals surface area contributed by atoms with Crippen LogP contribution in [0.4, 0.5) is 5.69 Å². The molecule has 0 radical (unpaired) electrons. The molecule has 0 fully saturated rings. The Kier molecular flexibility index (Phi) is 11.2. The Balaban J connectivity index is 1.55. The molecule has 0 spiro atoms. The smallest absolute Gasteiger partial charge is 0.265 e. The second-order valence-corrected chi connectivity index (χ2v) is 8.49. The number of carbonyl (C=O) groups excluding carboxylic acids is 2. The topological polar surface area (TPSA) is 37.4 Å². The normalized spacial score (nSPS) is 14.2. The van der Waals surface area contributed by atoms with E-state index in [0.29, 0.717) is 11.3 Å². The van der Waals surface area contributed by atoms with Gasteiger partial charge in [0.05, 0.1) is 5.69 Å². The zero-order valence-electron chi connectivity index (χ0n) is 19.0. The minimum Gasteiger partial charge on any atom is -0.269 e. The average Bonchev–Trinajstić information content (AvgIpc) is 3.02. The van der Waals surface area contributed by atoms with Crippen LogP contribution < -0.4 is 4.90 Å². The maximum atomic E-state index is 12.6. The van der Waals surface area contributed by atoms with E-state index in [2.05, 4.69) is 6.92 Å². The molecule has 0 saturated carbocycles. The van der Waals surface area contributed by atoms with Crippen molar-refractivity contribution in [1.29, 1.82) is 0 Å². The van der Waals surface area contributed by atoms with E-state index in [0.717, 1.165) is 18.4 Å². The van der Waals surface area contributed by atoms with Crippen LogP contribution in [-0.2, 0) is 9.59 Å². The fourth-order valence-corrected chi connectivity index (χ4v) is 3.86. The lowest BCUT2D eigenvalue weighted by Crippen LogP contribution is -2.30. The molecule has 0 unspecified atom stereocenters. The van der Waals surface area contributed by atoms with Gasteiger partial charge in [0.1, 0.15) is 0 Å². The second kappa shape index (κ2) is 14.0. The average molecular weight is 410 g/mol. The maximum absolute atomic E-state index is 12.6. The molecule has 0 aliphatic carbocycles. The Morgan fingerprint density at radius 2 is 1.30 bits per heavy atom. The van der Waals surface area contributed by atoms with Gasteiger partial charge in [-0.15, -0.1) is 0 Å². The highest BCUT2D eigenvalue weighted by Crippen LogP contribution is 2.23. The van der Waals surface area contributed by atoms with Crippen molar-refractivity contribution in [3.05, 3.63) is 53.6 Å². The number of rotatable bonds is 15. The van der Waals surface area contributed by atoms with Crippen molar-refractivity contribution in [1.82, 2.24) is 0 Å². The third kappa shape index (κ3) is 8.30. The van der Waals surface area contributed by atoms with E-state index in [9.17, 15) is 9.59 Å². The van der Waals surface area contributed by atoms with E-state index < -0.39 is 0 Å². The van der Waals surface area contributed by atoms with Gasteiger partial charge in [0.25, 0.3) is 11.8 Å². The zero-order chi connectivity index (χ0) is 21.6. The summed E-state index contributed by atoms with van der Waals surface area (Å²) in [5.74, 6) is -0.483. The predicted molar refractivity (Wildman–Crippen MR) is 127 cm³/mol. The van der Waals surface area contributed by atoms with Gasteiger partial charge in [-0.25, -0.2) is 4.90 Å². The minimum atomic E-state index is -0.256. The summed E-state index contributed by atoms with van der Waals surface area (Å²) in [5, 5.41) is 0. The number of allylic oxidation sites excluding steroid dienone is 1. The highest BCUT2D eigenvalue weighted by Gasteiger charge is 2.30. The maximum Gasteiger partial charge on any atom is 0.265 e. The van der Waals surface area contributed by atoms with Crippen molar-refractivity contribution in [2.75, 3.05) is 4.90 Å². The predicted octanol–water partition coefficient (Wildman–Crippen LogP) is 7.44. The van der Waals surface area contributed by atoms with Crippen molar-refractivity contribution < 1.29 is 9.59 Å². The van der Waals surface area contributed by atoms with Crippen molar-refractivity contribution in [2.45, 2.75) is 97.3 Å². The summed E-state index contributed by atoms with van der Waals surface area (Å²) in [6.07, 6.45) is 22.3. The number of anilines is 1. The van der Waals surface area contributed by atoms with E-state index in [1.807, 2.05) is 43.3 Å². The number of benzene rings is 1. The molecule has 1 aliphatic rings. The van der Waals surface area contributed by atoms with E-state index in [4.69, 9.17) is 0 Å². The molecule has 0 N–H and O–H groups in total. The highest BCUT2D eigenvalue weighted by atomic mass is 16.2. The van der Waals surface area contributed by atoms with Gasteiger partial charge in [0.15, 0.2) is 0 Å². The van der Waals surface area contributed by atoms with E-state index in [1.165, 1.54) is 81.6 Å². The summed E-state index contributed by atoms with van der Waals surface area (Å²) in [5.41, 5.74) is 2.23. The van der Waals surface area contributed by atoms with Crippen LogP contribution >= 0.6 is 0 Å². The Labute approximate surface area is 183 Å². The molecule has 2 amide bonds. The number of unbranched alkanes of at least 4 members (excludes halogenated alkanes) is 12. The van der Waals surface area contributed by atoms with Crippen molar-refractivity contribution >= 4 is 17.5 Å². The monoisotopic (exact) mass is 409 g/mol. The quantitative estimate of drug-likeness (QED) is 0.223. The van der Waals surface area contributed by atoms with E-state index in [1.54, 1.807) is 0 Å². The van der Waals surface area contributed by atoms with Crippen LogP contribution in [0.25, 0.3) is 0 Å². The molecule has 0 atom stereocenters. The first-order chi connectivity index (χ1) is 14.6. The van der Waals surface area contributed by atoms with Crippen LogP contribution in [0.5, 0.6) is 0 Å². The second-order valence-electron chi connectivity index (χ2n) is 8.49. The molecule has 1 aromatic rings. The van der Waals surface area contributed by atoms with Crippen LogP contribution in [-0.4, -0.2) is 11.8 Å². The van der Waals surface area contributed by atoms with Gasteiger partial charge in [-0.1, -0.05) is 107 Å². The fourth-order valence-electron chi connectivity index (χ4n) is 3.86. The summed E-state index contributed by atoms with van der Waals surface area (Å²) in [6, 6.07) is 7.46. The zero-order valence-corrected chi connectivity index (χ0v) is 19.0. The van der Waals surface area contributed by atoms with Crippen LogP contribution in [0, 0.1) is 6.92 Å². The fraction of sp³-hybridized carbons (Fsp3) is 0.556. The Bertz CT molecular complexity index is 715. The molecule has 164 valence electrons. The molecule has 3 nitrogen and oxygen atoms in total. The Hall–Kier alpha value is -2.16. The first-order valence-electron chi connectivity index (χ1n) is 12.0. The summed E-state index contributed by atoms with van der Waals surface area (Å²) in [6.45, 7) is 4.25. The minimum absolute atomic E-state index is 0.227. The number of amides is 2. The molecule has 3 heteroatoms. The molecule has 0 bridgehead atoms. The largest absolute Gasteiger partial charge is 0.269 e.